The highest BCUT2D eigenvalue weighted by Gasteiger charge is 2.30. The van der Waals surface area contributed by atoms with Gasteiger partial charge in [-0.05, 0) is 18.6 Å². The summed E-state index contributed by atoms with van der Waals surface area (Å²) >= 11 is 0. The Balaban J connectivity index is 2.45. The summed E-state index contributed by atoms with van der Waals surface area (Å²) < 4.78 is 4.60. The number of nitro benzene ring substituents is 1. The van der Waals surface area contributed by atoms with Crippen LogP contribution in [-0.2, 0) is 9.53 Å². The molecule has 0 saturated carbocycles. The monoisotopic (exact) mass is 307 g/mol. The van der Waals surface area contributed by atoms with E-state index in [1.54, 1.807) is 6.07 Å². The number of nitrogens with one attached hydrogen (secondary N) is 1. The van der Waals surface area contributed by atoms with E-state index in [1.165, 1.54) is 19.2 Å². The number of rotatable bonds is 4. The molecular weight excluding hydrogens is 290 g/mol. The highest BCUT2D eigenvalue weighted by molar-refractivity contribution is 5.95. The summed E-state index contributed by atoms with van der Waals surface area (Å²) in [5.74, 6) is -0.866. The third-order valence-corrected chi connectivity index (χ3v) is 3.63. The molecule has 0 spiro atoms. The SMILES string of the molecule is CCC1C(=O)NCCN1c1ccc([N+](=O)[O-])c(C(=O)OC)c1. The molecule has 1 saturated heterocycles. The van der Waals surface area contributed by atoms with Crippen LogP contribution in [-0.4, -0.2) is 43.0 Å². The topological polar surface area (TPSA) is 102 Å². The molecule has 1 N–H and O–H groups in total. The van der Waals surface area contributed by atoms with E-state index in [1.807, 2.05) is 11.8 Å². The van der Waals surface area contributed by atoms with E-state index in [-0.39, 0.29) is 23.2 Å². The summed E-state index contributed by atoms with van der Waals surface area (Å²) in [7, 11) is 1.17. The van der Waals surface area contributed by atoms with Crippen LogP contribution in [0.4, 0.5) is 11.4 Å². The fourth-order valence-electron chi connectivity index (χ4n) is 2.56. The molecule has 1 heterocycles. The summed E-state index contributed by atoms with van der Waals surface area (Å²) in [5, 5.41) is 13.8. The number of nitrogens with zero attached hydrogens (tertiary/aromatic N) is 2. The van der Waals surface area contributed by atoms with Crippen LogP contribution in [0.3, 0.4) is 0 Å². The second-order valence-corrected chi connectivity index (χ2v) is 4.86. The zero-order valence-electron chi connectivity index (χ0n) is 12.4. The van der Waals surface area contributed by atoms with Crippen LogP contribution in [0.5, 0.6) is 0 Å². The molecule has 22 heavy (non-hydrogen) atoms. The number of amides is 1. The smallest absolute Gasteiger partial charge is 0.344 e. The number of hydrogen-bond donors (Lipinski definition) is 1. The van der Waals surface area contributed by atoms with E-state index >= 15 is 0 Å². The largest absolute Gasteiger partial charge is 0.465 e. The molecular formula is C14H17N3O5. The van der Waals surface area contributed by atoms with Crippen LogP contribution in [0.25, 0.3) is 0 Å². The predicted octanol–water partition coefficient (Wildman–Crippen LogP) is 1.10. The molecule has 1 unspecified atom stereocenters. The van der Waals surface area contributed by atoms with Gasteiger partial charge in [0.2, 0.25) is 5.91 Å². The molecule has 0 aliphatic carbocycles. The maximum atomic E-state index is 11.9. The van der Waals surface area contributed by atoms with Gasteiger partial charge in [0.15, 0.2) is 0 Å². The molecule has 118 valence electrons. The summed E-state index contributed by atoms with van der Waals surface area (Å²) in [6, 6.07) is 3.86. The van der Waals surface area contributed by atoms with Crippen LogP contribution in [0.1, 0.15) is 23.7 Å². The Morgan fingerprint density at radius 2 is 2.27 bits per heavy atom. The van der Waals surface area contributed by atoms with Crippen LogP contribution in [0.15, 0.2) is 18.2 Å². The van der Waals surface area contributed by atoms with Gasteiger partial charge >= 0.3 is 5.97 Å². The number of esters is 1. The summed E-state index contributed by atoms with van der Waals surface area (Å²) in [6.45, 7) is 2.94. The summed E-state index contributed by atoms with van der Waals surface area (Å²) in [4.78, 5) is 35.9. The van der Waals surface area contributed by atoms with Gasteiger partial charge in [-0.3, -0.25) is 14.9 Å². The first-order chi connectivity index (χ1) is 10.5. The lowest BCUT2D eigenvalue weighted by molar-refractivity contribution is -0.385. The number of piperazine rings is 1. The molecule has 0 radical (unpaired) electrons. The minimum atomic E-state index is -0.775. The van der Waals surface area contributed by atoms with Gasteiger partial charge in [0, 0.05) is 24.8 Å². The van der Waals surface area contributed by atoms with Gasteiger partial charge in [0.05, 0.1) is 12.0 Å². The van der Waals surface area contributed by atoms with Crippen molar-refractivity contribution in [3.63, 3.8) is 0 Å². The Morgan fingerprint density at radius 1 is 1.55 bits per heavy atom. The van der Waals surface area contributed by atoms with E-state index < -0.39 is 10.9 Å². The van der Waals surface area contributed by atoms with Crippen molar-refractivity contribution in [2.45, 2.75) is 19.4 Å². The molecule has 1 aliphatic rings. The number of carbonyl (C=O) groups is 2. The highest BCUT2D eigenvalue weighted by atomic mass is 16.6. The molecule has 2 rings (SSSR count). The Kier molecular flexibility index (Phi) is 4.59. The first-order valence-corrected chi connectivity index (χ1v) is 6.90. The number of nitro groups is 1. The number of benzene rings is 1. The predicted molar refractivity (Wildman–Crippen MR) is 78.9 cm³/mol. The third kappa shape index (κ3) is 2.85. The van der Waals surface area contributed by atoms with Crippen molar-refractivity contribution in [3.05, 3.63) is 33.9 Å². The Labute approximate surface area is 127 Å². The fourth-order valence-corrected chi connectivity index (χ4v) is 2.56. The zero-order valence-corrected chi connectivity index (χ0v) is 12.4. The molecule has 1 aliphatic heterocycles. The highest BCUT2D eigenvalue weighted by Crippen LogP contribution is 2.28. The summed E-state index contributed by atoms with van der Waals surface area (Å²) in [5.41, 5.74) is 0.156. The maximum absolute atomic E-state index is 11.9. The van der Waals surface area contributed by atoms with Crippen molar-refractivity contribution in [1.82, 2.24) is 5.32 Å². The zero-order chi connectivity index (χ0) is 16.3. The number of anilines is 1. The van der Waals surface area contributed by atoms with Crippen molar-refractivity contribution in [2.24, 2.45) is 0 Å². The third-order valence-electron chi connectivity index (χ3n) is 3.63. The normalized spacial score (nSPS) is 17.8. The molecule has 8 heteroatoms. The van der Waals surface area contributed by atoms with Gasteiger partial charge in [0.25, 0.3) is 5.69 Å². The molecule has 0 bridgehead atoms. The van der Waals surface area contributed by atoms with Crippen molar-refractivity contribution in [1.29, 1.82) is 0 Å². The molecule has 8 nitrogen and oxygen atoms in total. The van der Waals surface area contributed by atoms with Crippen molar-refractivity contribution in [2.75, 3.05) is 25.1 Å². The lowest BCUT2D eigenvalue weighted by atomic mass is 10.1. The van der Waals surface area contributed by atoms with Crippen molar-refractivity contribution in [3.8, 4) is 0 Å². The van der Waals surface area contributed by atoms with Crippen LogP contribution in [0, 0.1) is 10.1 Å². The minimum Gasteiger partial charge on any atom is -0.465 e. The average molecular weight is 307 g/mol. The standard InChI is InChI=1S/C14H17N3O5/c1-3-11-13(18)15-6-7-16(11)9-4-5-12(17(20)21)10(8-9)14(19)22-2/h4-5,8,11H,3,6-7H2,1-2H3,(H,15,18). The Hall–Kier alpha value is -2.64. The van der Waals surface area contributed by atoms with Gasteiger partial charge in [-0.25, -0.2) is 4.79 Å². The van der Waals surface area contributed by atoms with Gasteiger partial charge in [0.1, 0.15) is 11.6 Å². The van der Waals surface area contributed by atoms with E-state index in [4.69, 9.17) is 0 Å². The second kappa shape index (κ2) is 6.42. The average Bonchev–Trinajstić information content (AvgIpc) is 2.53. The van der Waals surface area contributed by atoms with Crippen molar-refractivity contribution < 1.29 is 19.2 Å². The minimum absolute atomic E-state index is 0.0910. The van der Waals surface area contributed by atoms with E-state index in [9.17, 15) is 19.7 Å². The molecule has 1 amide bonds. The van der Waals surface area contributed by atoms with Gasteiger partial charge < -0.3 is 15.0 Å². The van der Waals surface area contributed by atoms with E-state index in [2.05, 4.69) is 10.1 Å². The van der Waals surface area contributed by atoms with Gasteiger partial charge in [-0.1, -0.05) is 6.92 Å². The van der Waals surface area contributed by atoms with Gasteiger partial charge in [-0.15, -0.1) is 0 Å². The molecule has 1 aromatic carbocycles. The molecule has 1 fully saturated rings. The van der Waals surface area contributed by atoms with E-state index in [0.717, 1.165) is 0 Å². The van der Waals surface area contributed by atoms with Crippen LogP contribution >= 0.6 is 0 Å². The molecule has 0 aromatic heterocycles. The van der Waals surface area contributed by atoms with Crippen LogP contribution in [0.2, 0.25) is 0 Å². The van der Waals surface area contributed by atoms with Crippen LogP contribution < -0.4 is 10.2 Å². The number of carbonyl (C=O) groups excluding carboxylic acids is 2. The second-order valence-electron chi connectivity index (χ2n) is 4.86. The fraction of sp³-hybridized carbons (Fsp3) is 0.429. The van der Waals surface area contributed by atoms with E-state index in [0.29, 0.717) is 25.2 Å². The molecule has 1 aromatic rings. The van der Waals surface area contributed by atoms with Crippen molar-refractivity contribution >= 4 is 23.3 Å². The lowest BCUT2D eigenvalue weighted by Gasteiger charge is -2.36. The first-order valence-electron chi connectivity index (χ1n) is 6.90. The van der Waals surface area contributed by atoms with Gasteiger partial charge in [-0.2, -0.15) is 0 Å². The lowest BCUT2D eigenvalue weighted by Crippen LogP contribution is -2.55. The Morgan fingerprint density at radius 3 is 2.86 bits per heavy atom. The number of methoxy groups -OCH3 is 1. The Bertz CT molecular complexity index is 616. The number of ether oxygens (including phenoxy) is 1. The number of hydrogen-bond acceptors (Lipinski definition) is 6. The quantitative estimate of drug-likeness (QED) is 0.507. The summed E-state index contributed by atoms with van der Waals surface area (Å²) in [6.07, 6.45) is 0.594. The first kappa shape index (κ1) is 15.7. The molecule has 1 atom stereocenters. The maximum Gasteiger partial charge on any atom is 0.344 e.